The normalized spacial score (nSPS) is 18.9. The van der Waals surface area contributed by atoms with Gasteiger partial charge in [0.2, 0.25) is 0 Å². The van der Waals surface area contributed by atoms with Gasteiger partial charge in [0.25, 0.3) is 0 Å². The fourth-order valence-corrected chi connectivity index (χ4v) is 1.44. The van der Waals surface area contributed by atoms with Gasteiger partial charge in [-0.15, -0.1) is 0 Å². The minimum Gasteiger partial charge on any atom is -0.369 e. The lowest BCUT2D eigenvalue weighted by atomic mass is 10.2. The maximum absolute atomic E-state index is 4.05. The molecule has 0 atom stereocenters. The highest BCUT2D eigenvalue weighted by Gasteiger charge is 2.12. The van der Waals surface area contributed by atoms with Crippen molar-refractivity contribution in [3.05, 3.63) is 36.6 Å². The van der Waals surface area contributed by atoms with Crippen LogP contribution in [-0.2, 0) is 0 Å². The van der Waals surface area contributed by atoms with Gasteiger partial charge in [-0.25, -0.2) is 0 Å². The Hall–Kier alpha value is -1.02. The summed E-state index contributed by atoms with van der Waals surface area (Å²) in [6.07, 6.45) is 4.06. The van der Waals surface area contributed by atoms with Gasteiger partial charge in [0.1, 0.15) is 0 Å². The summed E-state index contributed by atoms with van der Waals surface area (Å²) in [4.78, 5) is 4.66. The number of hydrogen-bond acceptors (Lipinski definition) is 2. The van der Waals surface area contributed by atoms with Crippen LogP contribution in [0.25, 0.3) is 0 Å². The summed E-state index contributed by atoms with van der Waals surface area (Å²) in [5.41, 5.74) is 2.17. The molecule has 1 saturated heterocycles. The number of rotatable bonds is 3. The first-order valence-corrected chi connectivity index (χ1v) is 5.05. The molecular formula is C12H20N2. The Morgan fingerprint density at radius 1 is 1.07 bits per heavy atom. The summed E-state index contributed by atoms with van der Waals surface area (Å²) in [6.45, 7) is 14.3. The van der Waals surface area contributed by atoms with E-state index in [1.54, 1.807) is 0 Å². The molecule has 0 aromatic heterocycles. The highest BCUT2D eigenvalue weighted by molar-refractivity contribution is 5.22. The molecule has 0 saturated carbocycles. The highest BCUT2D eigenvalue weighted by atomic mass is 15.2. The van der Waals surface area contributed by atoms with Crippen LogP contribution in [-0.4, -0.2) is 43.0 Å². The van der Waals surface area contributed by atoms with Crippen LogP contribution >= 0.6 is 0 Å². The molecule has 78 valence electrons. The third-order valence-electron chi connectivity index (χ3n) is 2.47. The van der Waals surface area contributed by atoms with E-state index in [-0.39, 0.29) is 0 Å². The zero-order valence-corrected chi connectivity index (χ0v) is 9.29. The Kier molecular flexibility index (Phi) is 3.96. The van der Waals surface area contributed by atoms with Gasteiger partial charge in [-0.2, -0.15) is 0 Å². The zero-order valence-electron chi connectivity index (χ0n) is 9.29. The van der Waals surface area contributed by atoms with Crippen LogP contribution in [0.3, 0.4) is 0 Å². The Labute approximate surface area is 87.2 Å². The monoisotopic (exact) mass is 192 g/mol. The van der Waals surface area contributed by atoms with E-state index in [2.05, 4.69) is 30.0 Å². The molecule has 0 bridgehead atoms. The molecule has 0 aromatic carbocycles. The number of hydrogen-bond donors (Lipinski definition) is 0. The molecule has 0 amide bonds. The standard InChI is InChI=1S/C12H20N2/c1-11(2)5-6-12(3)14-9-7-13(4)8-10-14/h5-6H,1,3,7-10H2,2,4H3/b6-5-. The molecule has 1 heterocycles. The first-order chi connectivity index (χ1) is 6.59. The van der Waals surface area contributed by atoms with Crippen molar-refractivity contribution in [1.82, 2.24) is 9.80 Å². The highest BCUT2D eigenvalue weighted by Crippen LogP contribution is 2.08. The van der Waals surface area contributed by atoms with Gasteiger partial charge in [0, 0.05) is 31.9 Å². The van der Waals surface area contributed by atoms with Crippen LogP contribution in [0.15, 0.2) is 36.6 Å². The van der Waals surface area contributed by atoms with E-state index < -0.39 is 0 Å². The van der Waals surface area contributed by atoms with Gasteiger partial charge >= 0.3 is 0 Å². The summed E-state index contributed by atoms with van der Waals surface area (Å²) in [6, 6.07) is 0. The average molecular weight is 192 g/mol. The summed E-state index contributed by atoms with van der Waals surface area (Å²) >= 11 is 0. The number of nitrogens with zero attached hydrogens (tertiary/aromatic N) is 2. The maximum atomic E-state index is 4.05. The van der Waals surface area contributed by atoms with Gasteiger partial charge in [0.15, 0.2) is 0 Å². The Balaban J connectivity index is 2.42. The molecule has 14 heavy (non-hydrogen) atoms. The second-order valence-electron chi connectivity index (χ2n) is 3.96. The predicted molar refractivity (Wildman–Crippen MR) is 62.2 cm³/mol. The molecule has 1 rings (SSSR count). The molecule has 0 spiro atoms. The van der Waals surface area contributed by atoms with Crippen LogP contribution in [0.5, 0.6) is 0 Å². The summed E-state index contributed by atoms with van der Waals surface area (Å²) in [5.74, 6) is 0. The molecule has 2 heteroatoms. The molecule has 1 aliphatic heterocycles. The number of allylic oxidation sites excluding steroid dienone is 3. The average Bonchev–Trinajstić information content (AvgIpc) is 2.15. The second-order valence-corrected chi connectivity index (χ2v) is 3.96. The fourth-order valence-electron chi connectivity index (χ4n) is 1.44. The van der Waals surface area contributed by atoms with E-state index in [1.807, 2.05) is 19.1 Å². The van der Waals surface area contributed by atoms with E-state index in [0.717, 1.165) is 37.4 Å². The largest absolute Gasteiger partial charge is 0.369 e. The van der Waals surface area contributed by atoms with Crippen LogP contribution in [0, 0.1) is 0 Å². The van der Waals surface area contributed by atoms with Crippen LogP contribution in [0.2, 0.25) is 0 Å². The van der Waals surface area contributed by atoms with Crippen molar-refractivity contribution >= 4 is 0 Å². The molecule has 0 aliphatic carbocycles. The first kappa shape index (κ1) is 11.1. The number of likely N-dealkylation sites (N-methyl/N-ethyl adjacent to an activating group) is 1. The molecule has 0 aromatic rings. The maximum Gasteiger partial charge on any atom is 0.0306 e. The predicted octanol–water partition coefficient (Wildman–Crippen LogP) is 1.88. The first-order valence-electron chi connectivity index (χ1n) is 5.05. The molecule has 0 N–H and O–H groups in total. The van der Waals surface area contributed by atoms with Crippen molar-refractivity contribution in [2.24, 2.45) is 0 Å². The lowest BCUT2D eigenvalue weighted by Gasteiger charge is -2.34. The SMILES string of the molecule is C=C(C)/C=C\C(=C)N1CCN(C)CC1. The second kappa shape index (κ2) is 5.01. The van der Waals surface area contributed by atoms with Crippen molar-refractivity contribution in [2.45, 2.75) is 6.92 Å². The van der Waals surface area contributed by atoms with Crippen molar-refractivity contribution in [3.63, 3.8) is 0 Å². The van der Waals surface area contributed by atoms with E-state index in [1.165, 1.54) is 0 Å². The molecule has 1 fully saturated rings. The van der Waals surface area contributed by atoms with Gasteiger partial charge in [-0.05, 0) is 20.0 Å². The Morgan fingerprint density at radius 2 is 1.64 bits per heavy atom. The minimum atomic E-state index is 1.07. The quantitative estimate of drug-likeness (QED) is 0.630. The Bertz CT molecular complexity index is 245. The molecule has 0 radical (unpaired) electrons. The summed E-state index contributed by atoms with van der Waals surface area (Å²) in [5, 5.41) is 0. The summed E-state index contributed by atoms with van der Waals surface area (Å²) < 4.78 is 0. The minimum absolute atomic E-state index is 1.07. The fraction of sp³-hybridized carbons (Fsp3) is 0.500. The molecular weight excluding hydrogens is 172 g/mol. The van der Waals surface area contributed by atoms with E-state index in [4.69, 9.17) is 0 Å². The van der Waals surface area contributed by atoms with Crippen LogP contribution < -0.4 is 0 Å². The lowest BCUT2D eigenvalue weighted by molar-refractivity contribution is 0.190. The molecule has 0 unspecified atom stereocenters. The summed E-state index contributed by atoms with van der Waals surface area (Å²) in [7, 11) is 2.16. The van der Waals surface area contributed by atoms with Gasteiger partial charge < -0.3 is 9.80 Å². The van der Waals surface area contributed by atoms with Crippen molar-refractivity contribution in [1.29, 1.82) is 0 Å². The van der Waals surface area contributed by atoms with Gasteiger partial charge in [-0.3, -0.25) is 0 Å². The zero-order chi connectivity index (χ0) is 10.6. The Morgan fingerprint density at radius 3 is 2.14 bits per heavy atom. The smallest absolute Gasteiger partial charge is 0.0306 e. The number of piperazine rings is 1. The molecule has 1 aliphatic rings. The van der Waals surface area contributed by atoms with Crippen molar-refractivity contribution < 1.29 is 0 Å². The molecule has 2 nitrogen and oxygen atoms in total. The van der Waals surface area contributed by atoms with Crippen molar-refractivity contribution in [3.8, 4) is 0 Å². The van der Waals surface area contributed by atoms with Gasteiger partial charge in [0.05, 0.1) is 0 Å². The third-order valence-corrected chi connectivity index (χ3v) is 2.47. The van der Waals surface area contributed by atoms with Crippen molar-refractivity contribution in [2.75, 3.05) is 33.2 Å². The van der Waals surface area contributed by atoms with Crippen LogP contribution in [0.4, 0.5) is 0 Å². The third kappa shape index (κ3) is 3.38. The van der Waals surface area contributed by atoms with E-state index >= 15 is 0 Å². The van der Waals surface area contributed by atoms with E-state index in [0.29, 0.717) is 0 Å². The van der Waals surface area contributed by atoms with Crippen LogP contribution in [0.1, 0.15) is 6.92 Å². The van der Waals surface area contributed by atoms with Gasteiger partial charge in [-0.1, -0.05) is 24.8 Å². The lowest BCUT2D eigenvalue weighted by Crippen LogP contribution is -2.43. The topological polar surface area (TPSA) is 6.48 Å². The van der Waals surface area contributed by atoms with E-state index in [9.17, 15) is 0 Å².